The summed E-state index contributed by atoms with van der Waals surface area (Å²) in [5.41, 5.74) is -0.525. The molecule has 1 aromatic heterocycles. The quantitative estimate of drug-likeness (QED) is 0.641. The summed E-state index contributed by atoms with van der Waals surface area (Å²) in [6.07, 6.45) is 1.30. The fraction of sp³-hybridized carbons (Fsp3) is 0.444. The van der Waals surface area contributed by atoms with Gasteiger partial charge in [0.05, 0.1) is 6.20 Å². The zero-order valence-corrected chi connectivity index (χ0v) is 7.88. The van der Waals surface area contributed by atoms with Crippen LogP contribution in [0.5, 0.6) is 0 Å². The number of aromatic nitrogens is 2. The lowest BCUT2D eigenvalue weighted by atomic mass is 9.96. The van der Waals surface area contributed by atoms with E-state index < -0.39 is 0 Å². The van der Waals surface area contributed by atoms with Crippen LogP contribution in [0.2, 0.25) is 0 Å². The molecule has 0 fully saturated rings. The van der Waals surface area contributed by atoms with Gasteiger partial charge in [-0.05, 0) is 0 Å². The van der Waals surface area contributed by atoms with Crippen LogP contribution >= 0.6 is 0 Å². The molecule has 0 unspecified atom stereocenters. The Morgan fingerprint density at radius 1 is 1.54 bits per heavy atom. The minimum atomic E-state index is -0.373. The highest BCUT2D eigenvalue weighted by molar-refractivity contribution is 5.22. The van der Waals surface area contributed by atoms with Crippen molar-refractivity contribution in [3.63, 3.8) is 0 Å². The van der Waals surface area contributed by atoms with Crippen molar-refractivity contribution in [2.75, 3.05) is 0 Å². The van der Waals surface area contributed by atoms with Gasteiger partial charge in [-0.2, -0.15) is 5.26 Å². The van der Waals surface area contributed by atoms with Crippen molar-refractivity contribution in [2.24, 2.45) is 0 Å². The topological polar surface area (TPSA) is 69.5 Å². The third-order valence-corrected chi connectivity index (χ3v) is 1.63. The Morgan fingerprint density at radius 2 is 2.15 bits per heavy atom. The summed E-state index contributed by atoms with van der Waals surface area (Å²) in [5.74, 6) is 0.594. The summed E-state index contributed by atoms with van der Waals surface area (Å²) >= 11 is 0. The van der Waals surface area contributed by atoms with Crippen LogP contribution in [0.15, 0.2) is 11.0 Å². The normalized spacial score (nSPS) is 10.9. The van der Waals surface area contributed by atoms with E-state index in [0.29, 0.717) is 5.82 Å². The van der Waals surface area contributed by atoms with Crippen molar-refractivity contribution < 1.29 is 0 Å². The maximum Gasteiger partial charge on any atom is 0.268 e. The maximum atomic E-state index is 11.2. The molecule has 1 rings (SSSR count). The lowest BCUT2D eigenvalue weighted by Crippen LogP contribution is -2.22. The fourth-order valence-corrected chi connectivity index (χ4v) is 0.856. The van der Waals surface area contributed by atoms with Crippen molar-refractivity contribution in [1.29, 1.82) is 5.26 Å². The van der Waals surface area contributed by atoms with Crippen molar-refractivity contribution in [1.82, 2.24) is 9.97 Å². The zero-order chi connectivity index (χ0) is 10.1. The smallest absolute Gasteiger partial charge is 0.268 e. The summed E-state index contributed by atoms with van der Waals surface area (Å²) in [6, 6.07) is 1.77. The fourth-order valence-electron chi connectivity index (χ4n) is 0.856. The van der Waals surface area contributed by atoms with Crippen LogP contribution in [0, 0.1) is 11.3 Å². The predicted octanol–water partition coefficient (Wildman–Crippen LogP) is 0.939. The van der Waals surface area contributed by atoms with Gasteiger partial charge in [0, 0.05) is 5.41 Å². The second-order valence-electron chi connectivity index (χ2n) is 3.84. The first kappa shape index (κ1) is 9.46. The molecular weight excluding hydrogens is 166 g/mol. The Balaban J connectivity index is 3.28. The molecule has 0 bridgehead atoms. The summed E-state index contributed by atoms with van der Waals surface area (Å²) in [7, 11) is 0. The van der Waals surface area contributed by atoms with Crippen molar-refractivity contribution in [2.45, 2.75) is 26.2 Å². The van der Waals surface area contributed by atoms with Gasteiger partial charge in [0.1, 0.15) is 17.5 Å². The first-order valence-corrected chi connectivity index (χ1v) is 3.95. The molecule has 0 saturated carbocycles. The number of nitriles is 1. The maximum absolute atomic E-state index is 11.2. The molecular formula is C9H11N3O. The third kappa shape index (κ3) is 1.94. The van der Waals surface area contributed by atoms with E-state index in [0.717, 1.165) is 0 Å². The number of hydrogen-bond acceptors (Lipinski definition) is 3. The van der Waals surface area contributed by atoms with Gasteiger partial charge < -0.3 is 4.98 Å². The molecule has 0 saturated heterocycles. The van der Waals surface area contributed by atoms with Gasteiger partial charge in [0.2, 0.25) is 0 Å². The molecule has 0 aromatic carbocycles. The predicted molar refractivity (Wildman–Crippen MR) is 48.3 cm³/mol. The first-order chi connectivity index (χ1) is 5.95. The lowest BCUT2D eigenvalue weighted by molar-refractivity contribution is 0.542. The van der Waals surface area contributed by atoms with E-state index >= 15 is 0 Å². The molecule has 0 amide bonds. The van der Waals surface area contributed by atoms with E-state index in [1.165, 1.54) is 6.20 Å². The van der Waals surface area contributed by atoms with Crippen LogP contribution in [-0.2, 0) is 5.41 Å². The van der Waals surface area contributed by atoms with Gasteiger partial charge in [-0.3, -0.25) is 4.79 Å². The Bertz CT molecular complexity index is 406. The van der Waals surface area contributed by atoms with Gasteiger partial charge in [-0.15, -0.1) is 0 Å². The second-order valence-corrected chi connectivity index (χ2v) is 3.84. The van der Waals surface area contributed by atoms with E-state index in [-0.39, 0.29) is 16.5 Å². The van der Waals surface area contributed by atoms with Crippen LogP contribution in [-0.4, -0.2) is 9.97 Å². The van der Waals surface area contributed by atoms with E-state index in [1.54, 1.807) is 6.07 Å². The molecule has 0 radical (unpaired) electrons. The van der Waals surface area contributed by atoms with E-state index in [2.05, 4.69) is 9.97 Å². The average molecular weight is 177 g/mol. The highest BCUT2D eigenvalue weighted by atomic mass is 16.1. The number of aromatic amines is 1. The summed E-state index contributed by atoms with van der Waals surface area (Å²) in [6.45, 7) is 5.83. The first-order valence-electron chi connectivity index (χ1n) is 3.95. The molecule has 68 valence electrons. The van der Waals surface area contributed by atoms with Gasteiger partial charge in [-0.25, -0.2) is 4.98 Å². The van der Waals surface area contributed by atoms with Gasteiger partial charge in [0.25, 0.3) is 5.56 Å². The molecule has 1 aromatic rings. The van der Waals surface area contributed by atoms with Crippen LogP contribution in [0.25, 0.3) is 0 Å². The van der Waals surface area contributed by atoms with Crippen LogP contribution < -0.4 is 5.56 Å². The van der Waals surface area contributed by atoms with Gasteiger partial charge >= 0.3 is 0 Å². The molecule has 1 heterocycles. The summed E-state index contributed by atoms with van der Waals surface area (Å²) in [5, 5.41) is 8.50. The van der Waals surface area contributed by atoms with E-state index in [9.17, 15) is 4.79 Å². The molecule has 4 heteroatoms. The van der Waals surface area contributed by atoms with Crippen molar-refractivity contribution in [3.8, 4) is 6.07 Å². The molecule has 0 aliphatic rings. The number of hydrogen-bond donors (Lipinski definition) is 1. The summed E-state index contributed by atoms with van der Waals surface area (Å²) < 4.78 is 0. The van der Waals surface area contributed by atoms with Crippen molar-refractivity contribution in [3.05, 3.63) is 27.9 Å². The minimum Gasteiger partial charge on any atom is -0.309 e. The molecule has 0 aliphatic carbocycles. The monoisotopic (exact) mass is 177 g/mol. The number of nitrogens with zero attached hydrogens (tertiary/aromatic N) is 2. The van der Waals surface area contributed by atoms with Crippen LogP contribution in [0.1, 0.15) is 32.2 Å². The van der Waals surface area contributed by atoms with Gasteiger partial charge in [-0.1, -0.05) is 20.8 Å². The lowest BCUT2D eigenvalue weighted by Gasteiger charge is -2.16. The second kappa shape index (κ2) is 3.02. The Labute approximate surface area is 76.2 Å². The number of H-pyrrole nitrogens is 1. The SMILES string of the molecule is CC(C)(C)c1ncc(C#N)c(=O)[nH]1. The third-order valence-electron chi connectivity index (χ3n) is 1.63. The molecule has 0 spiro atoms. The molecule has 0 aliphatic heterocycles. The Morgan fingerprint density at radius 3 is 2.54 bits per heavy atom. The Kier molecular flexibility index (Phi) is 2.20. The zero-order valence-electron chi connectivity index (χ0n) is 7.88. The Hall–Kier alpha value is -1.63. The summed E-state index contributed by atoms with van der Waals surface area (Å²) in [4.78, 5) is 17.8. The standard InChI is InChI=1S/C9H11N3O/c1-9(2,3)8-11-5-6(4-10)7(13)12-8/h5H,1-3H3,(H,11,12,13). The largest absolute Gasteiger partial charge is 0.309 e. The molecule has 4 nitrogen and oxygen atoms in total. The van der Waals surface area contributed by atoms with E-state index in [1.807, 2.05) is 20.8 Å². The van der Waals surface area contributed by atoms with E-state index in [4.69, 9.17) is 5.26 Å². The highest BCUT2D eigenvalue weighted by Gasteiger charge is 2.16. The molecule has 0 atom stereocenters. The average Bonchev–Trinajstić information content (AvgIpc) is 2.02. The minimum absolute atomic E-state index is 0.0491. The number of nitrogens with one attached hydrogen (secondary N) is 1. The van der Waals surface area contributed by atoms with Gasteiger partial charge in [0.15, 0.2) is 0 Å². The van der Waals surface area contributed by atoms with Crippen LogP contribution in [0.4, 0.5) is 0 Å². The van der Waals surface area contributed by atoms with Crippen molar-refractivity contribution >= 4 is 0 Å². The highest BCUT2D eigenvalue weighted by Crippen LogP contribution is 2.15. The molecule has 1 N–H and O–H groups in total. The molecule has 13 heavy (non-hydrogen) atoms. The van der Waals surface area contributed by atoms with Crippen LogP contribution in [0.3, 0.4) is 0 Å². The number of rotatable bonds is 0.